The lowest BCUT2D eigenvalue weighted by Gasteiger charge is -2.41. The number of ether oxygens (including phenoxy) is 3. The van der Waals surface area contributed by atoms with Crippen LogP contribution in [-0.2, 0) is 19.0 Å². The van der Waals surface area contributed by atoms with E-state index in [1.165, 1.54) is 0 Å². The van der Waals surface area contributed by atoms with Gasteiger partial charge in [-0.25, -0.2) is 4.79 Å². The van der Waals surface area contributed by atoms with Gasteiger partial charge < -0.3 is 19.3 Å². The van der Waals surface area contributed by atoms with Crippen molar-refractivity contribution in [3.8, 4) is 0 Å². The highest BCUT2D eigenvalue weighted by molar-refractivity contribution is 5.87. The standard InChI is InChI=1S/C22H38O5/c1-6-22(27-20(4)15-21(5,24)25-16-20)13-9-7-8-11-18(12-10-14-22)26-19(23)17(2)3/h18,24H,2,6-16H2,1,3-5H3. The molecule has 0 aromatic heterocycles. The highest BCUT2D eigenvalue weighted by Crippen LogP contribution is 2.41. The second kappa shape index (κ2) is 9.06. The molecule has 0 spiro atoms. The number of esters is 1. The average Bonchev–Trinajstić information content (AvgIpc) is 2.86. The lowest BCUT2D eigenvalue weighted by Crippen LogP contribution is -2.44. The van der Waals surface area contributed by atoms with Gasteiger partial charge in [-0.15, -0.1) is 0 Å². The first kappa shape index (κ1) is 22.4. The molecule has 0 aromatic rings. The summed E-state index contributed by atoms with van der Waals surface area (Å²) in [6, 6.07) is 0. The third-order valence-corrected chi connectivity index (χ3v) is 5.94. The van der Waals surface area contributed by atoms with Crippen molar-refractivity contribution >= 4 is 5.97 Å². The second-order valence-electron chi connectivity index (χ2n) is 9.03. The average molecular weight is 383 g/mol. The minimum atomic E-state index is -1.11. The molecule has 4 atom stereocenters. The summed E-state index contributed by atoms with van der Waals surface area (Å²) in [7, 11) is 0. The maximum atomic E-state index is 11.9. The molecule has 2 aliphatic rings. The minimum Gasteiger partial charge on any atom is -0.459 e. The Morgan fingerprint density at radius 3 is 2.44 bits per heavy atom. The fourth-order valence-electron chi connectivity index (χ4n) is 4.51. The molecular weight excluding hydrogens is 344 g/mol. The van der Waals surface area contributed by atoms with Gasteiger partial charge in [0.2, 0.25) is 0 Å². The van der Waals surface area contributed by atoms with Gasteiger partial charge in [-0.3, -0.25) is 0 Å². The van der Waals surface area contributed by atoms with Crippen molar-refractivity contribution in [3.05, 3.63) is 12.2 Å². The van der Waals surface area contributed by atoms with Crippen molar-refractivity contribution in [3.63, 3.8) is 0 Å². The lowest BCUT2D eigenvalue weighted by molar-refractivity contribution is -0.161. The second-order valence-corrected chi connectivity index (χ2v) is 9.03. The van der Waals surface area contributed by atoms with Crippen molar-refractivity contribution < 1.29 is 24.1 Å². The summed E-state index contributed by atoms with van der Waals surface area (Å²) in [5.41, 5.74) is -0.214. The SMILES string of the molecule is C=C(C)C(=O)OC1CCCCCC(CC)(OC2(C)COC(C)(O)C2)CCC1. The monoisotopic (exact) mass is 382 g/mol. The topological polar surface area (TPSA) is 65.0 Å². The molecule has 4 unspecified atom stereocenters. The van der Waals surface area contributed by atoms with E-state index in [-0.39, 0.29) is 17.7 Å². The van der Waals surface area contributed by atoms with E-state index in [1.54, 1.807) is 13.8 Å². The summed E-state index contributed by atoms with van der Waals surface area (Å²) >= 11 is 0. The van der Waals surface area contributed by atoms with Crippen molar-refractivity contribution in [1.82, 2.24) is 0 Å². The molecule has 0 radical (unpaired) electrons. The zero-order valence-electron chi connectivity index (χ0n) is 17.6. The van der Waals surface area contributed by atoms with E-state index < -0.39 is 11.4 Å². The summed E-state index contributed by atoms with van der Waals surface area (Å²) in [6.45, 7) is 11.7. The van der Waals surface area contributed by atoms with Crippen LogP contribution in [0.15, 0.2) is 12.2 Å². The summed E-state index contributed by atoms with van der Waals surface area (Å²) in [4.78, 5) is 11.9. The Kier molecular flexibility index (Phi) is 7.51. The molecule has 156 valence electrons. The van der Waals surface area contributed by atoms with Crippen LogP contribution < -0.4 is 0 Å². The van der Waals surface area contributed by atoms with Crippen molar-refractivity contribution in [1.29, 1.82) is 0 Å². The van der Waals surface area contributed by atoms with Gasteiger partial charge in [-0.1, -0.05) is 26.3 Å². The molecule has 2 fully saturated rings. The first-order valence-electron chi connectivity index (χ1n) is 10.5. The Morgan fingerprint density at radius 1 is 1.19 bits per heavy atom. The van der Waals surface area contributed by atoms with Gasteiger partial charge in [0.25, 0.3) is 0 Å². The minimum absolute atomic E-state index is 0.0343. The van der Waals surface area contributed by atoms with Crippen LogP contribution in [0.4, 0.5) is 0 Å². The number of carbonyl (C=O) groups is 1. The zero-order valence-corrected chi connectivity index (χ0v) is 17.6. The lowest BCUT2D eigenvalue weighted by atomic mass is 9.84. The maximum Gasteiger partial charge on any atom is 0.333 e. The van der Waals surface area contributed by atoms with Crippen LogP contribution in [0.25, 0.3) is 0 Å². The Hall–Kier alpha value is -0.910. The van der Waals surface area contributed by atoms with Crippen molar-refractivity contribution in [2.75, 3.05) is 6.61 Å². The first-order chi connectivity index (χ1) is 12.6. The third-order valence-electron chi connectivity index (χ3n) is 5.94. The molecule has 0 bridgehead atoms. The van der Waals surface area contributed by atoms with E-state index in [2.05, 4.69) is 13.5 Å². The molecule has 27 heavy (non-hydrogen) atoms. The predicted molar refractivity (Wildman–Crippen MR) is 105 cm³/mol. The third kappa shape index (κ3) is 6.58. The van der Waals surface area contributed by atoms with Crippen LogP contribution in [0.3, 0.4) is 0 Å². The Morgan fingerprint density at radius 2 is 1.85 bits per heavy atom. The summed E-state index contributed by atoms with van der Waals surface area (Å²) < 4.78 is 17.9. The predicted octanol–water partition coefficient (Wildman–Crippen LogP) is 4.66. The van der Waals surface area contributed by atoms with Gasteiger partial charge in [0.15, 0.2) is 5.79 Å². The molecule has 0 aromatic carbocycles. The molecular formula is C22H38O5. The number of hydrogen-bond acceptors (Lipinski definition) is 5. The van der Waals surface area contributed by atoms with Crippen molar-refractivity contribution in [2.45, 2.75) is 115 Å². The van der Waals surface area contributed by atoms with Gasteiger partial charge in [-0.2, -0.15) is 0 Å². The Bertz CT molecular complexity index is 529. The van der Waals surface area contributed by atoms with Gasteiger partial charge in [0.1, 0.15) is 6.10 Å². The summed E-state index contributed by atoms with van der Waals surface area (Å²) in [6.07, 6.45) is 9.34. The number of aliphatic hydroxyl groups is 1. The maximum absolute atomic E-state index is 11.9. The Balaban J connectivity index is 2.02. The number of carbonyl (C=O) groups excluding carboxylic acids is 1. The van der Waals surface area contributed by atoms with Gasteiger partial charge in [-0.05, 0) is 65.7 Å². The van der Waals surface area contributed by atoms with E-state index in [0.29, 0.717) is 18.6 Å². The summed E-state index contributed by atoms with van der Waals surface area (Å²) in [5.74, 6) is -1.39. The molecule has 5 heteroatoms. The summed E-state index contributed by atoms with van der Waals surface area (Å²) in [5, 5.41) is 10.2. The van der Waals surface area contributed by atoms with Crippen molar-refractivity contribution in [2.24, 2.45) is 0 Å². The molecule has 1 aliphatic heterocycles. The van der Waals surface area contributed by atoms with E-state index in [0.717, 1.165) is 57.8 Å². The number of rotatable bonds is 5. The Labute approximate surface area is 164 Å². The molecule has 2 rings (SSSR count). The van der Waals surface area contributed by atoms with Crippen LogP contribution in [0, 0.1) is 0 Å². The fraction of sp³-hybridized carbons (Fsp3) is 0.864. The van der Waals surface area contributed by atoms with E-state index >= 15 is 0 Å². The van der Waals surface area contributed by atoms with E-state index in [1.807, 2.05) is 6.92 Å². The smallest absolute Gasteiger partial charge is 0.333 e. The molecule has 0 amide bonds. The zero-order chi connectivity index (χ0) is 20.1. The first-order valence-corrected chi connectivity index (χ1v) is 10.5. The number of hydrogen-bond donors (Lipinski definition) is 1. The van der Waals surface area contributed by atoms with E-state index in [9.17, 15) is 9.90 Å². The molecule has 1 aliphatic carbocycles. The van der Waals surface area contributed by atoms with Crippen LogP contribution in [0.5, 0.6) is 0 Å². The molecule has 1 heterocycles. The van der Waals surface area contributed by atoms with Crippen LogP contribution in [-0.4, -0.2) is 40.8 Å². The molecule has 1 saturated carbocycles. The fourth-order valence-corrected chi connectivity index (χ4v) is 4.51. The largest absolute Gasteiger partial charge is 0.459 e. The van der Waals surface area contributed by atoms with Crippen LogP contribution >= 0.6 is 0 Å². The highest BCUT2D eigenvalue weighted by Gasteiger charge is 2.47. The quantitative estimate of drug-likeness (QED) is 0.553. The van der Waals surface area contributed by atoms with Gasteiger partial charge >= 0.3 is 5.97 Å². The molecule has 1 N–H and O–H groups in total. The molecule has 5 nitrogen and oxygen atoms in total. The van der Waals surface area contributed by atoms with Gasteiger partial charge in [0, 0.05) is 12.0 Å². The van der Waals surface area contributed by atoms with Crippen LogP contribution in [0.2, 0.25) is 0 Å². The van der Waals surface area contributed by atoms with Gasteiger partial charge in [0.05, 0.1) is 17.8 Å². The molecule has 1 saturated heterocycles. The highest BCUT2D eigenvalue weighted by atomic mass is 16.7. The van der Waals surface area contributed by atoms with Crippen LogP contribution in [0.1, 0.15) is 91.9 Å². The van der Waals surface area contributed by atoms with E-state index in [4.69, 9.17) is 14.2 Å². The normalized spacial score (nSPS) is 38.3.